The largest absolute Gasteiger partial charge is 0.483 e. The van der Waals surface area contributed by atoms with Crippen LogP contribution in [-0.2, 0) is 14.4 Å². The lowest BCUT2D eigenvalue weighted by atomic mass is 10.1. The molecule has 8 nitrogen and oxygen atoms in total. The summed E-state index contributed by atoms with van der Waals surface area (Å²) < 4.78 is 7.11. The molecular weight excluding hydrogens is 630 g/mol. The third-order valence-electron chi connectivity index (χ3n) is 5.27. The molecule has 1 fully saturated rings. The van der Waals surface area contributed by atoms with Gasteiger partial charge in [0.1, 0.15) is 11.3 Å². The van der Waals surface area contributed by atoms with Crippen LogP contribution in [0.5, 0.6) is 5.75 Å². The number of halogens is 3. The zero-order valence-electron chi connectivity index (χ0n) is 19.2. The summed E-state index contributed by atoms with van der Waals surface area (Å²) in [6.07, 6.45) is 1.31. The van der Waals surface area contributed by atoms with Crippen molar-refractivity contribution in [3.8, 4) is 5.75 Å². The lowest BCUT2D eigenvalue weighted by molar-refractivity contribution is -0.122. The van der Waals surface area contributed by atoms with Crippen LogP contribution < -0.4 is 20.3 Å². The van der Waals surface area contributed by atoms with Gasteiger partial charge in [0.2, 0.25) is 0 Å². The summed E-state index contributed by atoms with van der Waals surface area (Å²) in [4.78, 5) is 51.5. The van der Waals surface area contributed by atoms with E-state index in [4.69, 9.17) is 16.3 Å². The number of benzene rings is 3. The summed E-state index contributed by atoms with van der Waals surface area (Å²) in [6.45, 7) is 1.51. The number of carbonyl (C=O) groups is 4. The Balaban J connectivity index is 1.57. The van der Waals surface area contributed by atoms with E-state index < -0.39 is 23.8 Å². The molecule has 0 radical (unpaired) electrons. The van der Waals surface area contributed by atoms with Crippen LogP contribution in [0, 0.1) is 6.92 Å². The first kappa shape index (κ1) is 26.6. The summed E-state index contributed by atoms with van der Waals surface area (Å²) in [5, 5.41) is 5.40. The Hall–Kier alpha value is -3.47. The quantitative estimate of drug-likeness (QED) is 0.258. The number of carbonyl (C=O) groups excluding carboxylic acids is 4. The third-order valence-corrected chi connectivity index (χ3v) is 6.70. The molecule has 5 amide bonds. The zero-order chi connectivity index (χ0) is 26.7. The van der Waals surface area contributed by atoms with Crippen LogP contribution in [0.3, 0.4) is 0 Å². The molecular formula is C26H18Br2ClN3O5. The average Bonchev–Trinajstić information content (AvgIpc) is 2.84. The van der Waals surface area contributed by atoms with E-state index in [0.29, 0.717) is 26.4 Å². The Morgan fingerprint density at radius 1 is 1.03 bits per heavy atom. The van der Waals surface area contributed by atoms with Crippen molar-refractivity contribution in [3.05, 3.63) is 91.3 Å². The Bertz CT molecular complexity index is 1460. The molecule has 0 saturated carbocycles. The molecule has 1 saturated heterocycles. The normalized spacial score (nSPS) is 14.5. The predicted octanol–water partition coefficient (Wildman–Crippen LogP) is 5.86. The number of hydrogen-bond donors (Lipinski definition) is 2. The van der Waals surface area contributed by atoms with Crippen molar-refractivity contribution in [2.75, 3.05) is 16.8 Å². The number of imide groups is 2. The molecule has 0 spiro atoms. The van der Waals surface area contributed by atoms with Crippen molar-refractivity contribution in [1.82, 2.24) is 5.32 Å². The molecule has 0 bridgehead atoms. The number of nitrogens with one attached hydrogen (secondary N) is 2. The molecule has 0 aromatic heterocycles. The van der Waals surface area contributed by atoms with Crippen molar-refractivity contribution in [3.63, 3.8) is 0 Å². The molecule has 1 heterocycles. The van der Waals surface area contributed by atoms with E-state index in [2.05, 4.69) is 42.5 Å². The van der Waals surface area contributed by atoms with Crippen LogP contribution in [0.1, 0.15) is 11.1 Å². The minimum atomic E-state index is -0.854. The monoisotopic (exact) mass is 645 g/mol. The maximum absolute atomic E-state index is 13.2. The molecule has 37 heavy (non-hydrogen) atoms. The molecule has 1 aliphatic heterocycles. The number of urea groups is 1. The molecule has 0 aliphatic carbocycles. The number of rotatable bonds is 6. The average molecular weight is 648 g/mol. The second kappa shape index (κ2) is 11.3. The van der Waals surface area contributed by atoms with Crippen molar-refractivity contribution in [1.29, 1.82) is 0 Å². The van der Waals surface area contributed by atoms with Gasteiger partial charge in [0.25, 0.3) is 17.7 Å². The van der Waals surface area contributed by atoms with Gasteiger partial charge in [0.05, 0.1) is 5.69 Å². The highest BCUT2D eigenvalue weighted by Crippen LogP contribution is 2.29. The molecule has 0 atom stereocenters. The van der Waals surface area contributed by atoms with E-state index in [1.54, 1.807) is 60.7 Å². The Labute approximate surface area is 233 Å². The number of aryl methyl sites for hydroxylation is 1. The lowest BCUT2D eigenvalue weighted by Gasteiger charge is -2.26. The summed E-state index contributed by atoms with van der Waals surface area (Å²) in [7, 11) is 0. The van der Waals surface area contributed by atoms with E-state index in [1.807, 2.05) is 6.92 Å². The fourth-order valence-corrected chi connectivity index (χ4v) is 4.24. The van der Waals surface area contributed by atoms with E-state index in [1.165, 1.54) is 6.08 Å². The fourth-order valence-electron chi connectivity index (χ4n) is 3.41. The molecule has 2 N–H and O–H groups in total. The first-order chi connectivity index (χ1) is 17.6. The molecule has 3 aromatic carbocycles. The first-order valence-electron chi connectivity index (χ1n) is 10.8. The predicted molar refractivity (Wildman–Crippen MR) is 148 cm³/mol. The number of hydrogen-bond acceptors (Lipinski definition) is 5. The Kier molecular flexibility index (Phi) is 8.11. The molecule has 11 heteroatoms. The van der Waals surface area contributed by atoms with Crippen molar-refractivity contribution in [2.45, 2.75) is 6.92 Å². The fraction of sp³-hybridized carbons (Fsp3) is 0.0769. The lowest BCUT2D eigenvalue weighted by Crippen LogP contribution is -2.54. The van der Waals surface area contributed by atoms with Crippen molar-refractivity contribution in [2.24, 2.45) is 0 Å². The van der Waals surface area contributed by atoms with Crippen molar-refractivity contribution < 1.29 is 23.9 Å². The topological polar surface area (TPSA) is 105 Å². The van der Waals surface area contributed by atoms with Gasteiger partial charge in [-0.3, -0.25) is 19.7 Å². The van der Waals surface area contributed by atoms with E-state index in [9.17, 15) is 19.2 Å². The minimum Gasteiger partial charge on any atom is -0.483 e. The number of ether oxygens (including phenoxy) is 1. The zero-order valence-corrected chi connectivity index (χ0v) is 23.1. The third kappa shape index (κ3) is 6.27. The SMILES string of the molecule is Cc1ccc(NC(=O)COc2ccc(Br)cc2/C=C2\C(=O)NC(=O)N(c3ccc(Br)cc3)C2=O)cc1Cl. The molecule has 3 aromatic rings. The van der Waals surface area contributed by atoms with Gasteiger partial charge < -0.3 is 10.1 Å². The number of barbiturate groups is 1. The van der Waals surface area contributed by atoms with Crippen LogP contribution in [0.2, 0.25) is 5.02 Å². The van der Waals surface area contributed by atoms with Crippen LogP contribution >= 0.6 is 43.5 Å². The smallest absolute Gasteiger partial charge is 0.335 e. The highest BCUT2D eigenvalue weighted by Gasteiger charge is 2.37. The summed E-state index contributed by atoms with van der Waals surface area (Å²) in [6, 6.07) is 15.7. The van der Waals surface area contributed by atoms with Crippen LogP contribution in [0.15, 0.2) is 75.2 Å². The summed E-state index contributed by atoms with van der Waals surface area (Å²) in [5.41, 5.74) is 1.77. The molecule has 188 valence electrons. The molecule has 1 aliphatic rings. The van der Waals surface area contributed by atoms with Gasteiger partial charge >= 0.3 is 6.03 Å². The summed E-state index contributed by atoms with van der Waals surface area (Å²) in [5.74, 6) is -1.82. The highest BCUT2D eigenvalue weighted by molar-refractivity contribution is 9.10. The van der Waals surface area contributed by atoms with Gasteiger partial charge in [-0.1, -0.05) is 49.5 Å². The maximum atomic E-state index is 13.2. The van der Waals surface area contributed by atoms with Crippen LogP contribution in [0.4, 0.5) is 16.2 Å². The van der Waals surface area contributed by atoms with E-state index in [0.717, 1.165) is 14.9 Å². The second-order valence-electron chi connectivity index (χ2n) is 7.92. The van der Waals surface area contributed by atoms with Gasteiger partial charge in [-0.05, 0) is 73.2 Å². The van der Waals surface area contributed by atoms with Gasteiger partial charge in [0, 0.05) is 25.2 Å². The van der Waals surface area contributed by atoms with E-state index in [-0.39, 0.29) is 17.9 Å². The Morgan fingerprint density at radius 2 is 1.73 bits per heavy atom. The Morgan fingerprint density at radius 3 is 2.43 bits per heavy atom. The van der Waals surface area contributed by atoms with Gasteiger partial charge in [-0.2, -0.15) is 0 Å². The maximum Gasteiger partial charge on any atom is 0.335 e. The molecule has 0 unspecified atom stereocenters. The standard InChI is InChI=1S/C26H18Br2ClN3O5/c1-14-2-6-18(12-21(14)29)30-23(33)13-37-22-9-5-17(28)10-15(22)11-20-24(34)31-26(36)32(25(20)35)19-7-3-16(27)4-8-19/h2-12H,13H2,1H3,(H,30,33)(H,31,34,36)/b20-11+. The highest BCUT2D eigenvalue weighted by atomic mass is 79.9. The first-order valence-corrected chi connectivity index (χ1v) is 12.7. The minimum absolute atomic E-state index is 0.250. The van der Waals surface area contributed by atoms with Gasteiger partial charge in [-0.25, -0.2) is 9.69 Å². The van der Waals surface area contributed by atoms with Crippen LogP contribution in [-0.4, -0.2) is 30.4 Å². The van der Waals surface area contributed by atoms with Gasteiger partial charge in [-0.15, -0.1) is 0 Å². The van der Waals surface area contributed by atoms with Crippen molar-refractivity contribution >= 4 is 84.7 Å². The molecule has 4 rings (SSSR count). The number of nitrogens with zero attached hydrogens (tertiary/aromatic N) is 1. The van der Waals surface area contributed by atoms with Crippen LogP contribution in [0.25, 0.3) is 6.08 Å². The summed E-state index contributed by atoms with van der Waals surface area (Å²) >= 11 is 12.8. The van der Waals surface area contributed by atoms with Gasteiger partial charge in [0.15, 0.2) is 6.61 Å². The van der Waals surface area contributed by atoms with E-state index >= 15 is 0 Å². The second-order valence-corrected chi connectivity index (χ2v) is 10.2. The number of amides is 5. The number of anilines is 2.